The molecule has 0 saturated heterocycles. The summed E-state index contributed by atoms with van der Waals surface area (Å²) in [4.78, 5) is 43.6. The summed E-state index contributed by atoms with van der Waals surface area (Å²) in [6.45, 7) is 3.79. The van der Waals surface area contributed by atoms with Crippen LogP contribution in [0.2, 0.25) is 0 Å². The molecule has 0 spiro atoms. The van der Waals surface area contributed by atoms with Gasteiger partial charge in [-0.1, -0.05) is 12.1 Å². The Balaban J connectivity index is 1.91. The first-order chi connectivity index (χ1) is 17.2. The molecule has 11 heteroatoms. The Bertz CT molecular complexity index is 1390. The number of carbonyl (C=O) groups excluding carboxylic acids is 2. The van der Waals surface area contributed by atoms with Crippen molar-refractivity contribution in [3.8, 4) is 11.5 Å². The number of amides is 2. The zero-order valence-corrected chi connectivity index (χ0v) is 20.2. The molecule has 190 valence electrons. The lowest BCUT2D eigenvalue weighted by Gasteiger charge is -2.36. The first-order valence-electron chi connectivity index (χ1n) is 11.5. The second-order valence-electron chi connectivity index (χ2n) is 8.67. The van der Waals surface area contributed by atoms with Crippen LogP contribution in [-0.4, -0.2) is 58.9 Å². The second-order valence-corrected chi connectivity index (χ2v) is 8.67. The molecule has 0 radical (unpaired) electrons. The predicted molar refractivity (Wildman–Crippen MR) is 129 cm³/mol. The molecule has 36 heavy (non-hydrogen) atoms. The van der Waals surface area contributed by atoms with Crippen LogP contribution in [0, 0.1) is 5.82 Å². The first-order valence-corrected chi connectivity index (χ1v) is 11.5. The number of hydrogen-bond donors (Lipinski definition) is 3. The number of benzene rings is 1. The van der Waals surface area contributed by atoms with Crippen molar-refractivity contribution in [1.29, 1.82) is 0 Å². The molecular weight excluding hydrogens is 471 g/mol. The van der Waals surface area contributed by atoms with Gasteiger partial charge in [0.2, 0.25) is 5.60 Å². The Hall–Kier alpha value is -3.99. The van der Waals surface area contributed by atoms with Gasteiger partial charge in [-0.05, 0) is 31.5 Å². The van der Waals surface area contributed by atoms with Crippen molar-refractivity contribution in [2.24, 2.45) is 0 Å². The van der Waals surface area contributed by atoms with Crippen molar-refractivity contribution in [2.45, 2.75) is 32.4 Å². The molecule has 10 nitrogen and oxygen atoms in total. The van der Waals surface area contributed by atoms with E-state index in [9.17, 15) is 23.9 Å². The smallest absolute Gasteiger partial charge is 0.268 e. The minimum atomic E-state index is -1.49. The molecule has 1 aliphatic rings. The number of halogens is 1. The highest BCUT2D eigenvalue weighted by Crippen LogP contribution is 2.40. The Labute approximate surface area is 206 Å². The van der Waals surface area contributed by atoms with Crippen LogP contribution >= 0.6 is 0 Å². The fraction of sp³-hybridized carbons (Fsp3) is 0.360. The summed E-state index contributed by atoms with van der Waals surface area (Å²) in [5.41, 5.74) is -1.32. The summed E-state index contributed by atoms with van der Waals surface area (Å²) in [6, 6.07) is 5.86. The maximum absolute atomic E-state index is 13.5. The lowest BCUT2D eigenvalue weighted by molar-refractivity contribution is -0.137. The van der Waals surface area contributed by atoms with Crippen molar-refractivity contribution in [3.63, 3.8) is 0 Å². The molecule has 3 aromatic rings. The van der Waals surface area contributed by atoms with Crippen LogP contribution < -0.4 is 20.9 Å². The maximum Gasteiger partial charge on any atom is 0.268 e. The van der Waals surface area contributed by atoms with Crippen LogP contribution in [0.5, 0.6) is 11.5 Å². The number of methoxy groups -OCH3 is 1. The zero-order valence-electron chi connectivity index (χ0n) is 20.2. The molecule has 3 N–H and O–H groups in total. The number of aromatic hydroxyl groups is 1. The Morgan fingerprint density at radius 3 is 2.67 bits per heavy atom. The van der Waals surface area contributed by atoms with Crippen molar-refractivity contribution in [2.75, 3.05) is 26.8 Å². The van der Waals surface area contributed by atoms with Gasteiger partial charge in [0.25, 0.3) is 17.4 Å². The summed E-state index contributed by atoms with van der Waals surface area (Å²) in [5.74, 6) is -2.01. The maximum atomic E-state index is 13.5. The molecule has 2 aromatic heterocycles. The minimum Gasteiger partial charge on any atom is -0.505 e. The van der Waals surface area contributed by atoms with E-state index >= 15 is 0 Å². The number of ether oxygens (including phenoxy) is 2. The van der Waals surface area contributed by atoms with Crippen LogP contribution in [-0.2, 0) is 22.5 Å². The standard InChI is InChI=1S/C25H27FN4O6/c1-4-27-24(34)25(2)13-30-19-18(20(31)17(23(30)33)22(32)28-9-10-35-3)29-12-15(21(19)36-25)11-14-5-7-16(26)8-6-14/h5-8,12,31H,4,9-11,13H2,1-3H3,(H,27,34)(H,28,32)/t25-/m1/s1. The number of rotatable bonds is 8. The molecule has 0 bridgehead atoms. The molecule has 0 unspecified atom stereocenters. The van der Waals surface area contributed by atoms with Gasteiger partial charge in [0, 0.05) is 38.4 Å². The zero-order chi connectivity index (χ0) is 26.0. The van der Waals surface area contributed by atoms with Gasteiger partial charge in [-0.15, -0.1) is 0 Å². The van der Waals surface area contributed by atoms with Gasteiger partial charge in [-0.3, -0.25) is 23.9 Å². The molecule has 0 fully saturated rings. The largest absolute Gasteiger partial charge is 0.505 e. The van der Waals surface area contributed by atoms with Crippen LogP contribution in [0.1, 0.15) is 35.3 Å². The summed E-state index contributed by atoms with van der Waals surface area (Å²) >= 11 is 0. The fourth-order valence-electron chi connectivity index (χ4n) is 4.20. The van der Waals surface area contributed by atoms with Gasteiger partial charge >= 0.3 is 0 Å². The van der Waals surface area contributed by atoms with Crippen molar-refractivity contribution in [3.05, 3.63) is 63.3 Å². The third kappa shape index (κ3) is 4.49. The average molecular weight is 499 g/mol. The molecule has 0 aliphatic carbocycles. The normalized spacial score (nSPS) is 16.4. The number of nitrogens with zero attached hydrogens (tertiary/aromatic N) is 2. The molecule has 0 saturated carbocycles. The van der Waals surface area contributed by atoms with E-state index in [1.165, 1.54) is 30.0 Å². The number of aromatic nitrogens is 2. The van der Waals surface area contributed by atoms with Crippen molar-refractivity contribution >= 4 is 22.8 Å². The quantitative estimate of drug-likeness (QED) is 0.401. The molecule has 1 aliphatic heterocycles. The van der Waals surface area contributed by atoms with E-state index in [1.54, 1.807) is 26.0 Å². The molecule has 1 aromatic carbocycles. The van der Waals surface area contributed by atoms with E-state index in [1.807, 2.05) is 0 Å². The molecule has 4 rings (SSSR count). The highest BCUT2D eigenvalue weighted by molar-refractivity contribution is 6.03. The van der Waals surface area contributed by atoms with E-state index in [2.05, 4.69) is 15.6 Å². The van der Waals surface area contributed by atoms with Crippen LogP contribution in [0.3, 0.4) is 0 Å². The van der Waals surface area contributed by atoms with Gasteiger partial charge in [-0.2, -0.15) is 0 Å². The van der Waals surface area contributed by atoms with E-state index in [4.69, 9.17) is 9.47 Å². The van der Waals surface area contributed by atoms with E-state index < -0.39 is 34.3 Å². The van der Waals surface area contributed by atoms with Gasteiger partial charge < -0.3 is 25.2 Å². The van der Waals surface area contributed by atoms with Gasteiger partial charge in [-0.25, -0.2) is 4.39 Å². The number of carbonyl (C=O) groups is 2. The predicted octanol–water partition coefficient (Wildman–Crippen LogP) is 1.50. The topological polar surface area (TPSA) is 132 Å². The Morgan fingerprint density at radius 2 is 2.00 bits per heavy atom. The summed E-state index contributed by atoms with van der Waals surface area (Å²) in [6.07, 6.45) is 1.71. The molecule has 2 amide bonds. The fourth-order valence-corrected chi connectivity index (χ4v) is 4.20. The lowest BCUT2D eigenvalue weighted by atomic mass is 9.98. The van der Waals surface area contributed by atoms with E-state index in [0.29, 0.717) is 12.1 Å². The SMILES string of the molecule is CCNC(=O)[C@@]1(C)Cn2c(=O)c(C(=O)NCCOC)c(O)c3ncc(Cc4ccc(F)cc4)c(c32)O1. The summed E-state index contributed by atoms with van der Waals surface area (Å²) in [7, 11) is 1.47. The Morgan fingerprint density at radius 1 is 1.28 bits per heavy atom. The van der Waals surface area contributed by atoms with Crippen molar-refractivity contribution in [1.82, 2.24) is 20.2 Å². The van der Waals surface area contributed by atoms with E-state index in [0.717, 1.165) is 5.56 Å². The number of pyridine rings is 2. The third-order valence-corrected chi connectivity index (χ3v) is 6.00. The highest BCUT2D eigenvalue weighted by Gasteiger charge is 2.43. The van der Waals surface area contributed by atoms with Crippen LogP contribution in [0.25, 0.3) is 11.0 Å². The van der Waals surface area contributed by atoms with Crippen LogP contribution in [0.15, 0.2) is 35.3 Å². The Kier molecular flexibility index (Phi) is 6.93. The summed E-state index contributed by atoms with van der Waals surface area (Å²) < 4.78 is 25.8. The lowest BCUT2D eigenvalue weighted by Crippen LogP contribution is -2.55. The number of likely N-dealkylation sites (N-methyl/N-ethyl adjacent to an activating group) is 1. The van der Waals surface area contributed by atoms with Crippen molar-refractivity contribution < 1.29 is 28.6 Å². The van der Waals surface area contributed by atoms with Crippen LogP contribution in [0.4, 0.5) is 4.39 Å². The highest BCUT2D eigenvalue weighted by atomic mass is 19.1. The molecule has 3 heterocycles. The van der Waals surface area contributed by atoms with Gasteiger partial charge in [0.15, 0.2) is 11.5 Å². The molecule has 1 atom stereocenters. The minimum absolute atomic E-state index is 0.0118. The second kappa shape index (κ2) is 9.94. The van der Waals surface area contributed by atoms with E-state index in [-0.39, 0.29) is 48.7 Å². The third-order valence-electron chi connectivity index (χ3n) is 6.00. The molecular formula is C25H27FN4O6. The monoisotopic (exact) mass is 498 g/mol. The average Bonchev–Trinajstić information content (AvgIpc) is 2.85. The van der Waals surface area contributed by atoms with Gasteiger partial charge in [0.05, 0.1) is 13.2 Å². The summed E-state index contributed by atoms with van der Waals surface area (Å²) in [5, 5.41) is 16.2. The number of nitrogens with one attached hydrogen (secondary N) is 2. The number of hydrogen-bond acceptors (Lipinski definition) is 7. The van der Waals surface area contributed by atoms with Gasteiger partial charge in [0.1, 0.15) is 22.4 Å². The first kappa shape index (κ1) is 25.1.